The summed E-state index contributed by atoms with van der Waals surface area (Å²) in [6.45, 7) is 5.58. The standard InChI is InChI=1S/C14H21Cl2NO3/c1-10(2)20-6-5-19-9-12(18)8-17-11-3-4-13(15)14(16)7-11/h3-4,7,10,12,17-18H,5-6,8-9H2,1-2H3. The fraction of sp³-hybridized carbons (Fsp3) is 0.571. The van der Waals surface area contributed by atoms with Gasteiger partial charge in [-0.2, -0.15) is 0 Å². The lowest BCUT2D eigenvalue weighted by Gasteiger charge is -2.14. The van der Waals surface area contributed by atoms with Crippen LogP contribution in [0.15, 0.2) is 18.2 Å². The number of aliphatic hydroxyl groups is 1. The lowest BCUT2D eigenvalue weighted by molar-refractivity contribution is -0.00734. The molecule has 0 saturated heterocycles. The van der Waals surface area contributed by atoms with Crippen molar-refractivity contribution in [2.75, 3.05) is 31.7 Å². The Bertz CT molecular complexity index is 402. The Morgan fingerprint density at radius 3 is 2.60 bits per heavy atom. The molecule has 1 aromatic carbocycles. The van der Waals surface area contributed by atoms with Crippen LogP contribution in [0, 0.1) is 0 Å². The summed E-state index contributed by atoms with van der Waals surface area (Å²) in [6.07, 6.45) is -0.400. The van der Waals surface area contributed by atoms with Gasteiger partial charge in [0.05, 0.1) is 42.1 Å². The van der Waals surface area contributed by atoms with Gasteiger partial charge < -0.3 is 19.9 Å². The lowest BCUT2D eigenvalue weighted by Crippen LogP contribution is -2.25. The summed E-state index contributed by atoms with van der Waals surface area (Å²) < 4.78 is 10.6. The Balaban J connectivity index is 2.16. The maximum Gasteiger partial charge on any atom is 0.0945 e. The van der Waals surface area contributed by atoms with Gasteiger partial charge in [0.15, 0.2) is 0 Å². The van der Waals surface area contributed by atoms with Crippen LogP contribution in [0.25, 0.3) is 0 Å². The van der Waals surface area contributed by atoms with E-state index >= 15 is 0 Å². The SMILES string of the molecule is CC(C)OCCOCC(O)CNc1ccc(Cl)c(Cl)c1. The first-order valence-electron chi connectivity index (χ1n) is 6.55. The third-order valence-electron chi connectivity index (χ3n) is 2.45. The average Bonchev–Trinajstić information content (AvgIpc) is 2.39. The molecule has 0 aromatic heterocycles. The highest BCUT2D eigenvalue weighted by Crippen LogP contribution is 2.24. The van der Waals surface area contributed by atoms with E-state index in [9.17, 15) is 5.11 Å². The van der Waals surface area contributed by atoms with Crippen LogP contribution in [0.5, 0.6) is 0 Å². The van der Waals surface area contributed by atoms with Crippen LogP contribution in [-0.2, 0) is 9.47 Å². The van der Waals surface area contributed by atoms with Crippen LogP contribution in [0.3, 0.4) is 0 Å². The van der Waals surface area contributed by atoms with E-state index < -0.39 is 6.10 Å². The molecule has 0 amide bonds. The van der Waals surface area contributed by atoms with Gasteiger partial charge in [-0.15, -0.1) is 0 Å². The van der Waals surface area contributed by atoms with Crippen molar-refractivity contribution < 1.29 is 14.6 Å². The average molecular weight is 322 g/mol. The van der Waals surface area contributed by atoms with Crippen molar-refractivity contribution in [3.05, 3.63) is 28.2 Å². The van der Waals surface area contributed by atoms with Gasteiger partial charge in [0, 0.05) is 12.2 Å². The predicted octanol–water partition coefficient (Wildman–Crippen LogP) is 3.21. The molecular weight excluding hydrogens is 301 g/mol. The van der Waals surface area contributed by atoms with Crippen LogP contribution in [-0.4, -0.2) is 43.7 Å². The molecule has 2 N–H and O–H groups in total. The molecule has 1 aromatic rings. The molecule has 1 unspecified atom stereocenters. The number of benzene rings is 1. The normalized spacial score (nSPS) is 12.7. The van der Waals surface area contributed by atoms with Gasteiger partial charge in [-0.05, 0) is 32.0 Å². The smallest absolute Gasteiger partial charge is 0.0945 e. The first-order chi connectivity index (χ1) is 9.49. The zero-order chi connectivity index (χ0) is 15.0. The second-order valence-electron chi connectivity index (χ2n) is 4.66. The minimum absolute atomic E-state index is 0.194. The zero-order valence-corrected chi connectivity index (χ0v) is 13.2. The van der Waals surface area contributed by atoms with E-state index in [4.69, 9.17) is 32.7 Å². The number of hydrogen-bond donors (Lipinski definition) is 2. The Kier molecular flexibility index (Phi) is 8.26. The van der Waals surface area contributed by atoms with Crippen LogP contribution >= 0.6 is 23.2 Å². The number of hydrogen-bond acceptors (Lipinski definition) is 4. The van der Waals surface area contributed by atoms with Crippen LogP contribution in [0.2, 0.25) is 10.0 Å². The van der Waals surface area contributed by atoms with Crippen LogP contribution in [0.4, 0.5) is 5.69 Å². The highest BCUT2D eigenvalue weighted by Gasteiger charge is 2.05. The Morgan fingerprint density at radius 1 is 1.20 bits per heavy atom. The van der Waals surface area contributed by atoms with Gasteiger partial charge >= 0.3 is 0 Å². The molecule has 1 atom stereocenters. The highest BCUT2D eigenvalue weighted by atomic mass is 35.5. The molecule has 114 valence electrons. The van der Waals surface area contributed by atoms with Crippen molar-refractivity contribution in [3.63, 3.8) is 0 Å². The third kappa shape index (κ3) is 7.31. The van der Waals surface area contributed by atoms with Gasteiger partial charge in [0.25, 0.3) is 0 Å². The molecule has 0 saturated carbocycles. The molecule has 20 heavy (non-hydrogen) atoms. The summed E-state index contributed by atoms with van der Waals surface area (Å²) in [5, 5.41) is 13.8. The van der Waals surface area contributed by atoms with Gasteiger partial charge in [-0.3, -0.25) is 0 Å². The topological polar surface area (TPSA) is 50.7 Å². The Hall–Kier alpha value is -0.520. The van der Waals surface area contributed by atoms with Crippen LogP contribution in [0.1, 0.15) is 13.8 Å². The van der Waals surface area contributed by atoms with E-state index in [0.717, 1.165) is 5.69 Å². The summed E-state index contributed by atoms with van der Waals surface area (Å²) in [5.74, 6) is 0. The lowest BCUT2D eigenvalue weighted by atomic mass is 10.3. The number of nitrogens with one attached hydrogen (secondary N) is 1. The molecule has 0 aliphatic rings. The van der Waals surface area contributed by atoms with E-state index in [2.05, 4.69) is 5.32 Å². The second kappa shape index (κ2) is 9.42. The van der Waals surface area contributed by atoms with Gasteiger partial charge in [0.2, 0.25) is 0 Å². The molecule has 0 radical (unpaired) electrons. The number of rotatable bonds is 9. The first-order valence-corrected chi connectivity index (χ1v) is 7.31. The van der Waals surface area contributed by atoms with E-state index in [1.165, 1.54) is 0 Å². The summed E-state index contributed by atoms with van der Waals surface area (Å²) in [5.41, 5.74) is 0.807. The molecule has 4 nitrogen and oxygen atoms in total. The molecule has 0 aliphatic carbocycles. The molecule has 6 heteroatoms. The second-order valence-corrected chi connectivity index (χ2v) is 5.47. The third-order valence-corrected chi connectivity index (χ3v) is 3.19. The molecular formula is C14H21Cl2NO3. The van der Waals surface area contributed by atoms with Crippen molar-refractivity contribution >= 4 is 28.9 Å². The van der Waals surface area contributed by atoms with Gasteiger partial charge in [0.1, 0.15) is 0 Å². The van der Waals surface area contributed by atoms with Gasteiger partial charge in [-0.1, -0.05) is 23.2 Å². The predicted molar refractivity (Wildman–Crippen MR) is 82.9 cm³/mol. The molecule has 0 spiro atoms. The minimum Gasteiger partial charge on any atom is -0.389 e. The molecule has 0 fully saturated rings. The van der Waals surface area contributed by atoms with Gasteiger partial charge in [-0.25, -0.2) is 0 Å². The van der Waals surface area contributed by atoms with Crippen molar-refractivity contribution in [2.45, 2.75) is 26.1 Å². The summed E-state index contributed by atoms with van der Waals surface area (Å²) in [6, 6.07) is 5.23. The molecule has 1 rings (SSSR count). The fourth-order valence-electron chi connectivity index (χ4n) is 1.46. The van der Waals surface area contributed by atoms with Crippen molar-refractivity contribution in [3.8, 4) is 0 Å². The Morgan fingerprint density at radius 2 is 1.95 bits per heavy atom. The monoisotopic (exact) mass is 321 g/mol. The molecule has 0 heterocycles. The maximum atomic E-state index is 9.76. The number of aliphatic hydroxyl groups excluding tert-OH is 1. The number of ether oxygens (including phenoxy) is 2. The van der Waals surface area contributed by atoms with E-state index in [0.29, 0.717) is 29.8 Å². The van der Waals surface area contributed by atoms with Crippen molar-refractivity contribution in [2.24, 2.45) is 0 Å². The van der Waals surface area contributed by atoms with Crippen molar-refractivity contribution in [1.82, 2.24) is 0 Å². The molecule has 0 bridgehead atoms. The quantitative estimate of drug-likeness (QED) is 0.686. The van der Waals surface area contributed by atoms with Crippen LogP contribution < -0.4 is 5.32 Å². The summed E-state index contributed by atoms with van der Waals surface area (Å²) in [7, 11) is 0. The minimum atomic E-state index is -0.594. The van der Waals surface area contributed by atoms with Crippen molar-refractivity contribution in [1.29, 1.82) is 0 Å². The fourth-order valence-corrected chi connectivity index (χ4v) is 1.76. The number of halogens is 2. The van der Waals surface area contributed by atoms with E-state index in [1.807, 2.05) is 13.8 Å². The first kappa shape index (κ1) is 17.5. The Labute approximate surface area is 130 Å². The summed E-state index contributed by atoms with van der Waals surface area (Å²) in [4.78, 5) is 0. The molecule has 0 aliphatic heterocycles. The zero-order valence-electron chi connectivity index (χ0n) is 11.7. The maximum absolute atomic E-state index is 9.76. The summed E-state index contributed by atoms with van der Waals surface area (Å²) >= 11 is 11.7. The number of anilines is 1. The van der Waals surface area contributed by atoms with E-state index in [1.54, 1.807) is 18.2 Å². The largest absolute Gasteiger partial charge is 0.389 e. The van der Waals surface area contributed by atoms with E-state index in [-0.39, 0.29) is 12.7 Å². The highest BCUT2D eigenvalue weighted by molar-refractivity contribution is 6.42.